The first-order valence-corrected chi connectivity index (χ1v) is 5.06. The topological polar surface area (TPSA) is 38.3 Å². The summed E-state index contributed by atoms with van der Waals surface area (Å²) in [5, 5.41) is 0. The molecule has 0 atom stereocenters. The average Bonchev–Trinajstić information content (AvgIpc) is 1.93. The molecule has 0 spiro atoms. The maximum Gasteiger partial charge on any atom is 0.295 e. The summed E-state index contributed by atoms with van der Waals surface area (Å²) in [6, 6.07) is 0. The first-order chi connectivity index (χ1) is 6.13. The summed E-state index contributed by atoms with van der Waals surface area (Å²) >= 11 is 15.9. The number of likely N-dealkylation sites (N-methyl/N-ethyl adjacent to an activating group) is 1. The molecule has 0 saturated carbocycles. The van der Waals surface area contributed by atoms with Crippen LogP contribution in [0.4, 0.5) is 0 Å². The van der Waals surface area contributed by atoms with Crippen LogP contribution in [0.5, 0.6) is 0 Å². The summed E-state index contributed by atoms with van der Waals surface area (Å²) < 4.78 is -1.25. The second-order valence-electron chi connectivity index (χ2n) is 3.79. The zero-order valence-electron chi connectivity index (χ0n) is 8.31. The second kappa shape index (κ2) is 5.37. The quantitative estimate of drug-likeness (QED) is 0.358. The normalized spacial score (nSPS) is 12.7. The van der Waals surface area contributed by atoms with Gasteiger partial charge in [0.1, 0.15) is 13.2 Å². The zero-order valence-corrected chi connectivity index (χ0v) is 10.6. The van der Waals surface area contributed by atoms with Gasteiger partial charge in [-0.15, -0.1) is 0 Å². The molecular formula is C7H14Cl3N2O2+. The molecule has 1 amide bonds. The smallest absolute Gasteiger partial charge is 0.295 e. The van der Waals surface area contributed by atoms with Crippen LogP contribution in [0.3, 0.4) is 0 Å². The molecule has 7 heteroatoms. The number of nitrogens with zero attached hydrogens (tertiary/aromatic N) is 1. The van der Waals surface area contributed by atoms with Gasteiger partial charge in [0.15, 0.2) is 0 Å². The Hall–Kier alpha value is 0.260. The van der Waals surface area contributed by atoms with Crippen molar-refractivity contribution in [1.82, 2.24) is 5.48 Å². The summed E-state index contributed by atoms with van der Waals surface area (Å²) in [6.45, 7) is 1.09. The third kappa shape index (κ3) is 7.64. The lowest BCUT2D eigenvalue weighted by Crippen LogP contribution is -2.41. The van der Waals surface area contributed by atoms with Crippen LogP contribution >= 0.6 is 34.8 Å². The van der Waals surface area contributed by atoms with Gasteiger partial charge in [-0.2, -0.15) is 0 Å². The van der Waals surface area contributed by atoms with Crippen molar-refractivity contribution < 1.29 is 14.1 Å². The van der Waals surface area contributed by atoms with Crippen molar-refractivity contribution in [2.24, 2.45) is 0 Å². The lowest BCUT2D eigenvalue weighted by atomic mass is 10.5. The largest absolute Gasteiger partial charge is 0.329 e. The van der Waals surface area contributed by atoms with Gasteiger partial charge in [-0.05, 0) is 0 Å². The Morgan fingerprint density at radius 2 is 1.86 bits per heavy atom. The van der Waals surface area contributed by atoms with Gasteiger partial charge < -0.3 is 4.48 Å². The van der Waals surface area contributed by atoms with Crippen LogP contribution in [0.2, 0.25) is 0 Å². The number of alkyl halides is 3. The van der Waals surface area contributed by atoms with Crippen molar-refractivity contribution in [3.05, 3.63) is 0 Å². The van der Waals surface area contributed by atoms with Crippen molar-refractivity contribution >= 4 is 40.7 Å². The molecule has 0 radical (unpaired) electrons. The third-order valence-corrected chi connectivity index (χ3v) is 1.80. The highest BCUT2D eigenvalue weighted by Crippen LogP contribution is 2.25. The zero-order chi connectivity index (χ0) is 11.4. The SMILES string of the molecule is C[N+](C)(C)CCONC(=O)C(Cl)(Cl)Cl. The molecule has 0 rings (SSSR count). The van der Waals surface area contributed by atoms with Gasteiger partial charge in [0.2, 0.25) is 0 Å². The summed E-state index contributed by atoms with van der Waals surface area (Å²) in [5.74, 6) is -0.788. The van der Waals surface area contributed by atoms with Gasteiger partial charge in [-0.1, -0.05) is 34.8 Å². The van der Waals surface area contributed by atoms with Crippen molar-refractivity contribution in [3.63, 3.8) is 0 Å². The average molecular weight is 265 g/mol. The Morgan fingerprint density at radius 3 is 2.21 bits per heavy atom. The van der Waals surface area contributed by atoms with E-state index in [1.807, 2.05) is 21.1 Å². The summed E-state index contributed by atoms with van der Waals surface area (Å²) in [7, 11) is 6.00. The Bertz CT molecular complexity index is 198. The highest BCUT2D eigenvalue weighted by atomic mass is 35.6. The van der Waals surface area contributed by atoms with Crippen LogP contribution in [0.25, 0.3) is 0 Å². The second-order valence-corrected chi connectivity index (χ2v) is 6.07. The van der Waals surface area contributed by atoms with Gasteiger partial charge in [0.05, 0.1) is 21.1 Å². The number of hydrogen-bond acceptors (Lipinski definition) is 2. The Balaban J connectivity index is 3.62. The Labute approximate surface area is 98.6 Å². The number of carbonyl (C=O) groups excluding carboxylic acids is 1. The van der Waals surface area contributed by atoms with Crippen LogP contribution in [0, 0.1) is 0 Å². The maximum absolute atomic E-state index is 11.0. The summed E-state index contributed by atoms with van der Waals surface area (Å²) in [4.78, 5) is 15.8. The molecular weight excluding hydrogens is 250 g/mol. The van der Waals surface area contributed by atoms with Crippen molar-refractivity contribution in [3.8, 4) is 0 Å². The van der Waals surface area contributed by atoms with E-state index >= 15 is 0 Å². The number of hydroxylamine groups is 1. The predicted octanol–water partition coefficient (Wildman–Crippen LogP) is 1.11. The minimum Gasteiger partial charge on any atom is -0.329 e. The van der Waals surface area contributed by atoms with Crippen LogP contribution in [0.1, 0.15) is 0 Å². The number of rotatable bonds is 4. The molecule has 0 bridgehead atoms. The highest BCUT2D eigenvalue weighted by molar-refractivity contribution is 6.76. The lowest BCUT2D eigenvalue weighted by Gasteiger charge is -2.23. The number of hydrogen-bond donors (Lipinski definition) is 1. The van der Waals surface area contributed by atoms with Gasteiger partial charge in [0.25, 0.3) is 9.70 Å². The molecule has 1 N–H and O–H groups in total. The van der Waals surface area contributed by atoms with Crippen LogP contribution in [0.15, 0.2) is 0 Å². The van der Waals surface area contributed by atoms with E-state index in [2.05, 4.69) is 5.48 Å². The molecule has 0 aromatic heterocycles. The number of quaternary nitrogens is 1. The van der Waals surface area contributed by atoms with Crippen molar-refractivity contribution in [2.45, 2.75) is 3.79 Å². The fraction of sp³-hybridized carbons (Fsp3) is 0.857. The Morgan fingerprint density at radius 1 is 1.36 bits per heavy atom. The summed E-state index contributed by atoms with van der Waals surface area (Å²) in [5.41, 5.74) is 2.05. The number of carbonyl (C=O) groups is 1. The van der Waals surface area contributed by atoms with Crippen LogP contribution in [-0.2, 0) is 9.63 Å². The molecule has 0 unspecified atom stereocenters. The highest BCUT2D eigenvalue weighted by Gasteiger charge is 2.30. The number of amides is 1. The fourth-order valence-electron chi connectivity index (χ4n) is 0.494. The molecule has 0 saturated heterocycles. The molecule has 0 heterocycles. The monoisotopic (exact) mass is 263 g/mol. The van der Waals surface area contributed by atoms with E-state index in [1.165, 1.54) is 0 Å². The lowest BCUT2D eigenvalue weighted by molar-refractivity contribution is -0.870. The fourth-order valence-corrected chi connectivity index (χ4v) is 0.610. The van der Waals surface area contributed by atoms with Crippen LogP contribution < -0.4 is 5.48 Å². The molecule has 4 nitrogen and oxygen atoms in total. The summed E-state index contributed by atoms with van der Waals surface area (Å²) in [6.07, 6.45) is 0. The van der Waals surface area contributed by atoms with E-state index in [9.17, 15) is 4.79 Å². The van der Waals surface area contributed by atoms with Gasteiger partial charge in [-0.3, -0.25) is 9.63 Å². The predicted molar refractivity (Wildman–Crippen MR) is 57.3 cm³/mol. The number of halogens is 3. The third-order valence-electron chi connectivity index (χ3n) is 1.29. The Kier molecular flexibility index (Phi) is 5.47. The van der Waals surface area contributed by atoms with E-state index in [1.54, 1.807) is 0 Å². The van der Waals surface area contributed by atoms with Crippen molar-refractivity contribution in [1.29, 1.82) is 0 Å². The molecule has 84 valence electrons. The molecule has 0 aromatic carbocycles. The molecule has 14 heavy (non-hydrogen) atoms. The standard InChI is InChI=1S/C7H13Cl3N2O2/c1-12(2,3)4-5-14-11-6(13)7(8,9)10/h4-5H2,1-3H3/p+1. The molecule has 0 fully saturated rings. The first-order valence-electron chi connectivity index (χ1n) is 3.92. The van der Waals surface area contributed by atoms with E-state index in [0.717, 1.165) is 11.0 Å². The first kappa shape index (κ1) is 14.3. The van der Waals surface area contributed by atoms with Gasteiger partial charge in [0, 0.05) is 0 Å². The molecule has 0 aliphatic carbocycles. The van der Waals surface area contributed by atoms with E-state index in [-0.39, 0.29) is 0 Å². The van der Waals surface area contributed by atoms with Crippen molar-refractivity contribution in [2.75, 3.05) is 34.3 Å². The minimum atomic E-state index is -1.98. The molecule has 0 aliphatic rings. The molecule has 0 aliphatic heterocycles. The minimum absolute atomic E-state index is 0.357. The van der Waals surface area contributed by atoms with E-state index < -0.39 is 9.70 Å². The maximum atomic E-state index is 11.0. The van der Waals surface area contributed by atoms with Gasteiger partial charge >= 0.3 is 0 Å². The van der Waals surface area contributed by atoms with E-state index in [4.69, 9.17) is 39.6 Å². The van der Waals surface area contributed by atoms with E-state index in [0.29, 0.717) is 6.61 Å². The number of nitrogens with one attached hydrogen (secondary N) is 1. The van der Waals surface area contributed by atoms with Gasteiger partial charge in [-0.25, -0.2) is 5.48 Å². The van der Waals surface area contributed by atoms with Crippen LogP contribution in [-0.4, -0.2) is 48.5 Å². The molecule has 0 aromatic rings.